The zero-order valence-corrected chi connectivity index (χ0v) is 15.1. The Bertz CT molecular complexity index is 678. The number of hydrogen-bond donors (Lipinski definition) is 0. The molecule has 2 atom stereocenters. The average molecular weight is 342 g/mol. The zero-order valence-electron chi connectivity index (χ0n) is 15.1. The van der Waals surface area contributed by atoms with Gasteiger partial charge in [0.2, 0.25) is 0 Å². The molecule has 0 N–H and O–H groups in total. The van der Waals surface area contributed by atoms with E-state index in [2.05, 4.69) is 28.1 Å². The highest BCUT2D eigenvalue weighted by molar-refractivity contribution is 5.46. The highest BCUT2D eigenvalue weighted by atomic mass is 16.5. The summed E-state index contributed by atoms with van der Waals surface area (Å²) in [6.07, 6.45) is 1.87. The van der Waals surface area contributed by atoms with E-state index in [1.165, 1.54) is 0 Å². The molecule has 0 spiro atoms. The Kier molecular flexibility index (Phi) is 5.89. The SMILES string of the molecule is COC[C@@H]1CN(Cc2cccc(OC)c2OC)C[C@H]1c1ccccn1. The van der Waals surface area contributed by atoms with Crippen LogP contribution in [-0.2, 0) is 11.3 Å². The van der Waals surface area contributed by atoms with Crippen LogP contribution in [0.1, 0.15) is 17.2 Å². The van der Waals surface area contributed by atoms with Crippen molar-refractivity contribution in [1.29, 1.82) is 0 Å². The summed E-state index contributed by atoms with van der Waals surface area (Å²) in [6.45, 7) is 3.51. The molecule has 0 saturated carbocycles. The van der Waals surface area contributed by atoms with Crippen molar-refractivity contribution in [3.63, 3.8) is 0 Å². The van der Waals surface area contributed by atoms with E-state index in [-0.39, 0.29) is 0 Å². The van der Waals surface area contributed by atoms with Gasteiger partial charge in [-0.05, 0) is 18.2 Å². The van der Waals surface area contributed by atoms with Gasteiger partial charge in [0, 0.05) is 56.0 Å². The van der Waals surface area contributed by atoms with Gasteiger partial charge in [0.1, 0.15) is 0 Å². The van der Waals surface area contributed by atoms with Crippen LogP contribution in [0, 0.1) is 5.92 Å². The second-order valence-electron chi connectivity index (χ2n) is 6.42. The molecule has 1 fully saturated rings. The second-order valence-corrected chi connectivity index (χ2v) is 6.42. The van der Waals surface area contributed by atoms with Gasteiger partial charge in [-0.15, -0.1) is 0 Å². The molecule has 5 nitrogen and oxygen atoms in total. The van der Waals surface area contributed by atoms with Crippen LogP contribution in [0.3, 0.4) is 0 Å². The second kappa shape index (κ2) is 8.32. The molecule has 25 heavy (non-hydrogen) atoms. The molecule has 0 aliphatic carbocycles. The van der Waals surface area contributed by atoms with Crippen LogP contribution in [0.25, 0.3) is 0 Å². The van der Waals surface area contributed by atoms with Crippen molar-refractivity contribution < 1.29 is 14.2 Å². The average Bonchev–Trinajstić information content (AvgIpc) is 3.05. The molecule has 1 aromatic heterocycles. The zero-order chi connectivity index (χ0) is 17.6. The molecule has 3 rings (SSSR count). The van der Waals surface area contributed by atoms with Gasteiger partial charge < -0.3 is 14.2 Å². The third kappa shape index (κ3) is 3.94. The maximum atomic E-state index is 5.57. The van der Waals surface area contributed by atoms with Gasteiger partial charge in [-0.25, -0.2) is 0 Å². The predicted octanol–water partition coefficient (Wildman–Crippen LogP) is 2.96. The topological polar surface area (TPSA) is 43.8 Å². The van der Waals surface area contributed by atoms with E-state index < -0.39 is 0 Å². The first-order chi connectivity index (χ1) is 12.3. The molecule has 2 heterocycles. The fourth-order valence-corrected chi connectivity index (χ4v) is 3.72. The molecule has 0 radical (unpaired) electrons. The maximum Gasteiger partial charge on any atom is 0.165 e. The molecule has 0 bridgehead atoms. The number of benzene rings is 1. The largest absolute Gasteiger partial charge is 0.493 e. The number of nitrogens with zero attached hydrogens (tertiary/aromatic N) is 2. The van der Waals surface area contributed by atoms with Crippen LogP contribution in [0.15, 0.2) is 42.6 Å². The lowest BCUT2D eigenvalue weighted by Gasteiger charge is -2.19. The third-order valence-corrected chi connectivity index (χ3v) is 4.84. The number of hydrogen-bond acceptors (Lipinski definition) is 5. The monoisotopic (exact) mass is 342 g/mol. The fraction of sp³-hybridized carbons (Fsp3) is 0.450. The number of ether oxygens (including phenoxy) is 3. The molecule has 1 saturated heterocycles. The van der Waals surface area contributed by atoms with E-state index >= 15 is 0 Å². The Balaban J connectivity index is 1.78. The minimum Gasteiger partial charge on any atom is -0.493 e. The number of pyridine rings is 1. The summed E-state index contributed by atoms with van der Waals surface area (Å²) in [5.41, 5.74) is 2.28. The van der Waals surface area contributed by atoms with E-state index in [1.54, 1.807) is 21.3 Å². The summed E-state index contributed by atoms with van der Waals surface area (Å²) in [5.74, 6) is 2.41. The van der Waals surface area contributed by atoms with Crippen molar-refractivity contribution in [2.75, 3.05) is 41.0 Å². The van der Waals surface area contributed by atoms with Gasteiger partial charge in [-0.2, -0.15) is 0 Å². The van der Waals surface area contributed by atoms with Gasteiger partial charge in [-0.3, -0.25) is 9.88 Å². The lowest BCUT2D eigenvalue weighted by Crippen LogP contribution is -2.21. The molecular formula is C20H26N2O3. The number of methoxy groups -OCH3 is 3. The van der Waals surface area contributed by atoms with E-state index in [0.717, 1.165) is 49.0 Å². The van der Waals surface area contributed by atoms with Crippen LogP contribution in [0.2, 0.25) is 0 Å². The van der Waals surface area contributed by atoms with Crippen molar-refractivity contribution in [3.8, 4) is 11.5 Å². The van der Waals surface area contributed by atoms with Crippen molar-refractivity contribution in [3.05, 3.63) is 53.9 Å². The lowest BCUT2D eigenvalue weighted by molar-refractivity contribution is 0.147. The maximum absolute atomic E-state index is 5.57. The third-order valence-electron chi connectivity index (χ3n) is 4.84. The van der Waals surface area contributed by atoms with E-state index in [9.17, 15) is 0 Å². The molecule has 1 aromatic carbocycles. The molecule has 0 amide bonds. The van der Waals surface area contributed by atoms with Gasteiger partial charge in [0.25, 0.3) is 0 Å². The van der Waals surface area contributed by atoms with E-state index in [1.807, 2.05) is 24.4 Å². The predicted molar refractivity (Wildman–Crippen MR) is 97.2 cm³/mol. The first-order valence-electron chi connectivity index (χ1n) is 8.59. The number of aromatic nitrogens is 1. The van der Waals surface area contributed by atoms with Gasteiger partial charge in [0.15, 0.2) is 11.5 Å². The van der Waals surface area contributed by atoms with Gasteiger partial charge >= 0.3 is 0 Å². The molecule has 5 heteroatoms. The number of likely N-dealkylation sites (tertiary alicyclic amines) is 1. The highest BCUT2D eigenvalue weighted by Gasteiger charge is 2.34. The van der Waals surface area contributed by atoms with Crippen molar-refractivity contribution in [2.45, 2.75) is 12.5 Å². The number of rotatable bonds is 7. The Hall–Kier alpha value is -2.11. The van der Waals surface area contributed by atoms with Gasteiger partial charge in [0.05, 0.1) is 20.8 Å². The number of para-hydroxylation sites is 1. The normalized spacial score (nSPS) is 20.6. The minimum atomic E-state index is 0.387. The summed E-state index contributed by atoms with van der Waals surface area (Å²) in [7, 11) is 5.13. The summed E-state index contributed by atoms with van der Waals surface area (Å²) < 4.78 is 16.5. The summed E-state index contributed by atoms with van der Waals surface area (Å²) in [6, 6.07) is 12.2. The van der Waals surface area contributed by atoms with Crippen molar-refractivity contribution in [2.24, 2.45) is 5.92 Å². The Labute approximate surface area is 149 Å². The summed E-state index contributed by atoms with van der Waals surface area (Å²) in [5, 5.41) is 0. The Morgan fingerprint density at radius 3 is 2.60 bits per heavy atom. The van der Waals surface area contributed by atoms with Crippen LogP contribution >= 0.6 is 0 Å². The molecule has 134 valence electrons. The first-order valence-corrected chi connectivity index (χ1v) is 8.59. The van der Waals surface area contributed by atoms with E-state index in [4.69, 9.17) is 14.2 Å². The molecule has 2 aromatic rings. The molecule has 0 unspecified atom stereocenters. The lowest BCUT2D eigenvalue weighted by atomic mass is 9.93. The van der Waals surface area contributed by atoms with Gasteiger partial charge in [-0.1, -0.05) is 18.2 Å². The van der Waals surface area contributed by atoms with Crippen molar-refractivity contribution in [1.82, 2.24) is 9.88 Å². The first kappa shape index (κ1) is 17.7. The van der Waals surface area contributed by atoms with Crippen molar-refractivity contribution >= 4 is 0 Å². The Morgan fingerprint density at radius 2 is 1.92 bits per heavy atom. The standard InChI is InChI=1S/C20H26N2O3/c1-23-14-16-12-22(13-17(16)18-8-4-5-10-21-18)11-15-7-6-9-19(24-2)20(15)25-3/h4-10,16-17H,11-14H2,1-3H3/t16-,17+/m0/s1. The summed E-state index contributed by atoms with van der Waals surface area (Å²) >= 11 is 0. The van der Waals surface area contributed by atoms with Crippen LogP contribution in [0.5, 0.6) is 11.5 Å². The quantitative estimate of drug-likeness (QED) is 0.774. The van der Waals surface area contributed by atoms with E-state index in [0.29, 0.717) is 11.8 Å². The minimum absolute atomic E-state index is 0.387. The van der Waals surface area contributed by atoms with Crippen LogP contribution < -0.4 is 9.47 Å². The Morgan fingerprint density at radius 1 is 1.04 bits per heavy atom. The molecular weight excluding hydrogens is 316 g/mol. The molecule has 1 aliphatic rings. The smallest absolute Gasteiger partial charge is 0.165 e. The van der Waals surface area contributed by atoms with Crippen LogP contribution in [-0.4, -0.2) is 50.9 Å². The molecule has 1 aliphatic heterocycles. The van der Waals surface area contributed by atoms with Crippen LogP contribution in [0.4, 0.5) is 0 Å². The fourth-order valence-electron chi connectivity index (χ4n) is 3.72. The highest BCUT2D eigenvalue weighted by Crippen LogP contribution is 2.36. The summed E-state index contributed by atoms with van der Waals surface area (Å²) in [4.78, 5) is 7.01.